The maximum atomic E-state index is 4.00. The minimum absolute atomic E-state index is 0.672. The van der Waals surface area contributed by atoms with Gasteiger partial charge in [-0.25, -0.2) is 0 Å². The van der Waals surface area contributed by atoms with Gasteiger partial charge in [-0.05, 0) is 62.8 Å². The van der Waals surface area contributed by atoms with Gasteiger partial charge in [0.15, 0.2) is 0 Å². The molecule has 1 saturated heterocycles. The Morgan fingerprint density at radius 3 is 2.53 bits per heavy atom. The van der Waals surface area contributed by atoms with E-state index in [1.807, 2.05) is 0 Å². The Labute approximate surface area is 119 Å². The van der Waals surface area contributed by atoms with Crippen LogP contribution in [-0.2, 0) is 0 Å². The van der Waals surface area contributed by atoms with Crippen molar-refractivity contribution in [3.05, 3.63) is 0 Å². The lowest BCUT2D eigenvalue weighted by Gasteiger charge is -2.44. The first-order valence-corrected chi connectivity index (χ1v) is 8.80. The van der Waals surface area contributed by atoms with Crippen LogP contribution in [0.4, 0.5) is 0 Å². The average Bonchev–Trinajstić information content (AvgIpc) is 2.92. The molecule has 2 N–H and O–H groups in total. The number of hydrogen-bond acceptors (Lipinski definition) is 2. The second-order valence-corrected chi connectivity index (χ2v) is 7.35. The summed E-state index contributed by atoms with van der Waals surface area (Å²) in [6, 6.07) is 1.62. The second-order valence-electron chi connectivity index (χ2n) is 7.35. The van der Waals surface area contributed by atoms with Gasteiger partial charge in [-0.15, -0.1) is 0 Å². The van der Waals surface area contributed by atoms with E-state index in [1.165, 1.54) is 77.3 Å². The lowest BCUT2D eigenvalue weighted by atomic mass is 9.66. The van der Waals surface area contributed by atoms with E-state index in [1.54, 1.807) is 0 Å². The van der Waals surface area contributed by atoms with Crippen molar-refractivity contribution in [2.24, 2.45) is 11.3 Å². The van der Waals surface area contributed by atoms with Crippen molar-refractivity contribution in [3.8, 4) is 0 Å². The van der Waals surface area contributed by atoms with Gasteiger partial charge in [0.25, 0.3) is 0 Å². The van der Waals surface area contributed by atoms with Gasteiger partial charge in [0.2, 0.25) is 0 Å². The molecule has 1 aliphatic heterocycles. The molecule has 0 bridgehead atoms. The molecule has 0 aromatic carbocycles. The maximum absolute atomic E-state index is 4.00. The molecule has 0 aromatic rings. The molecular formula is C17H32N2. The Balaban J connectivity index is 1.54. The van der Waals surface area contributed by atoms with E-state index in [-0.39, 0.29) is 0 Å². The normalized spacial score (nSPS) is 38.1. The van der Waals surface area contributed by atoms with Crippen LogP contribution in [0.15, 0.2) is 0 Å². The molecular weight excluding hydrogens is 232 g/mol. The molecule has 0 amide bonds. The molecule has 19 heavy (non-hydrogen) atoms. The molecule has 1 heterocycles. The zero-order chi connectivity index (χ0) is 13.1. The molecule has 110 valence electrons. The Morgan fingerprint density at radius 1 is 1.05 bits per heavy atom. The van der Waals surface area contributed by atoms with Gasteiger partial charge < -0.3 is 10.6 Å². The Morgan fingerprint density at radius 2 is 1.89 bits per heavy atom. The first kappa shape index (κ1) is 13.9. The Hall–Kier alpha value is -0.0800. The molecule has 0 aromatic heterocycles. The molecule has 0 spiro atoms. The maximum Gasteiger partial charge on any atom is 0.0111 e. The highest BCUT2D eigenvalue weighted by Crippen LogP contribution is 2.43. The van der Waals surface area contributed by atoms with Crippen molar-refractivity contribution < 1.29 is 0 Å². The SMILES string of the molecule is CCC1(CNC2CCCCC2C2CCCN2)CCC1. The van der Waals surface area contributed by atoms with Crippen LogP contribution in [0.1, 0.15) is 71.1 Å². The van der Waals surface area contributed by atoms with Crippen LogP contribution in [0.2, 0.25) is 0 Å². The van der Waals surface area contributed by atoms with E-state index in [9.17, 15) is 0 Å². The summed E-state index contributed by atoms with van der Waals surface area (Å²) in [5.41, 5.74) is 0.672. The third-order valence-corrected chi connectivity index (χ3v) is 6.34. The molecule has 3 aliphatic rings. The van der Waals surface area contributed by atoms with Crippen molar-refractivity contribution in [2.45, 2.75) is 83.2 Å². The van der Waals surface area contributed by atoms with Gasteiger partial charge in [-0.3, -0.25) is 0 Å². The van der Waals surface area contributed by atoms with Crippen molar-refractivity contribution in [1.29, 1.82) is 0 Å². The van der Waals surface area contributed by atoms with Crippen LogP contribution >= 0.6 is 0 Å². The van der Waals surface area contributed by atoms with Crippen LogP contribution < -0.4 is 10.6 Å². The predicted octanol–water partition coefficient (Wildman–Crippen LogP) is 3.47. The summed E-state index contributed by atoms with van der Waals surface area (Å²) in [4.78, 5) is 0. The summed E-state index contributed by atoms with van der Waals surface area (Å²) in [6.07, 6.45) is 14.4. The third kappa shape index (κ3) is 3.00. The molecule has 3 rings (SSSR count). The lowest BCUT2D eigenvalue weighted by Crippen LogP contribution is -2.51. The summed E-state index contributed by atoms with van der Waals surface area (Å²) < 4.78 is 0. The Bertz CT molecular complexity index is 273. The van der Waals surface area contributed by atoms with E-state index >= 15 is 0 Å². The first-order valence-electron chi connectivity index (χ1n) is 8.80. The number of nitrogens with one attached hydrogen (secondary N) is 2. The van der Waals surface area contributed by atoms with Gasteiger partial charge in [0, 0.05) is 18.6 Å². The fourth-order valence-corrected chi connectivity index (χ4v) is 4.65. The number of rotatable bonds is 5. The predicted molar refractivity (Wildman–Crippen MR) is 81.3 cm³/mol. The highest BCUT2D eigenvalue weighted by molar-refractivity contribution is 4.94. The minimum Gasteiger partial charge on any atom is -0.314 e. The van der Waals surface area contributed by atoms with Crippen LogP contribution in [-0.4, -0.2) is 25.2 Å². The summed E-state index contributed by atoms with van der Waals surface area (Å²) in [7, 11) is 0. The van der Waals surface area contributed by atoms with Crippen molar-refractivity contribution in [2.75, 3.05) is 13.1 Å². The molecule has 0 radical (unpaired) electrons. The van der Waals surface area contributed by atoms with Crippen molar-refractivity contribution in [1.82, 2.24) is 10.6 Å². The van der Waals surface area contributed by atoms with Gasteiger partial charge in [0.05, 0.1) is 0 Å². The van der Waals surface area contributed by atoms with Crippen LogP contribution in [0, 0.1) is 11.3 Å². The largest absolute Gasteiger partial charge is 0.314 e. The highest BCUT2D eigenvalue weighted by atomic mass is 15.0. The van der Waals surface area contributed by atoms with Crippen LogP contribution in [0.25, 0.3) is 0 Å². The third-order valence-electron chi connectivity index (χ3n) is 6.34. The topological polar surface area (TPSA) is 24.1 Å². The second kappa shape index (κ2) is 6.13. The van der Waals surface area contributed by atoms with E-state index in [2.05, 4.69) is 17.6 Å². The summed E-state index contributed by atoms with van der Waals surface area (Å²) >= 11 is 0. The monoisotopic (exact) mass is 264 g/mol. The molecule has 2 heteroatoms. The van der Waals surface area contributed by atoms with Crippen LogP contribution in [0.3, 0.4) is 0 Å². The lowest BCUT2D eigenvalue weighted by molar-refractivity contribution is 0.103. The minimum atomic E-state index is 0.672. The van der Waals surface area contributed by atoms with Gasteiger partial charge >= 0.3 is 0 Å². The molecule has 2 nitrogen and oxygen atoms in total. The van der Waals surface area contributed by atoms with Gasteiger partial charge in [0.1, 0.15) is 0 Å². The van der Waals surface area contributed by atoms with Crippen molar-refractivity contribution in [3.63, 3.8) is 0 Å². The van der Waals surface area contributed by atoms with E-state index < -0.39 is 0 Å². The van der Waals surface area contributed by atoms with Crippen molar-refractivity contribution >= 4 is 0 Å². The van der Waals surface area contributed by atoms with E-state index in [0.717, 1.165) is 18.0 Å². The molecule has 2 aliphatic carbocycles. The summed E-state index contributed by atoms with van der Waals surface area (Å²) in [5, 5.41) is 7.76. The molecule has 3 atom stereocenters. The van der Waals surface area contributed by atoms with Gasteiger partial charge in [-0.2, -0.15) is 0 Å². The Kier molecular flexibility index (Phi) is 4.48. The van der Waals surface area contributed by atoms with Crippen LogP contribution in [0.5, 0.6) is 0 Å². The van der Waals surface area contributed by atoms with E-state index in [0.29, 0.717) is 5.41 Å². The van der Waals surface area contributed by atoms with Gasteiger partial charge in [-0.1, -0.05) is 26.2 Å². The zero-order valence-electron chi connectivity index (χ0n) is 12.7. The molecule has 3 fully saturated rings. The fourth-order valence-electron chi connectivity index (χ4n) is 4.65. The summed E-state index contributed by atoms with van der Waals surface area (Å²) in [6.45, 7) is 4.93. The highest BCUT2D eigenvalue weighted by Gasteiger charge is 2.38. The summed E-state index contributed by atoms with van der Waals surface area (Å²) in [5.74, 6) is 0.908. The zero-order valence-corrected chi connectivity index (χ0v) is 12.7. The standard InChI is InChI=1S/C17H32N2/c1-2-17(10-6-11-17)13-19-16-8-4-3-7-14(16)15-9-5-12-18-15/h14-16,18-19H,2-13H2,1H3. The first-order chi connectivity index (χ1) is 9.33. The molecule has 3 unspecified atom stereocenters. The molecule has 2 saturated carbocycles. The number of hydrogen-bond donors (Lipinski definition) is 2. The fraction of sp³-hybridized carbons (Fsp3) is 1.00. The smallest absolute Gasteiger partial charge is 0.0111 e. The average molecular weight is 264 g/mol. The quantitative estimate of drug-likeness (QED) is 0.794. The van der Waals surface area contributed by atoms with E-state index in [4.69, 9.17) is 0 Å².